The number of benzene rings is 1. The summed E-state index contributed by atoms with van der Waals surface area (Å²) in [5, 5.41) is 0. The van der Waals surface area contributed by atoms with E-state index < -0.39 is 6.26 Å². The first-order valence-corrected chi connectivity index (χ1v) is 3.20. The van der Waals surface area contributed by atoms with E-state index in [4.69, 9.17) is 1.37 Å². The molecule has 1 nitrogen and oxygen atoms in total. The predicted octanol–water partition coefficient (Wildman–Crippen LogP) is 2.12. The molecular formula is C9H10O. The molecule has 1 heteroatoms. The van der Waals surface area contributed by atoms with Crippen LogP contribution >= 0.6 is 0 Å². The number of rotatable bonds is 1. The first-order chi connectivity index (χ1) is 5.13. The van der Waals surface area contributed by atoms with E-state index in [9.17, 15) is 4.79 Å². The third kappa shape index (κ3) is 1.08. The zero-order valence-corrected chi connectivity index (χ0v) is 6.14. The van der Waals surface area contributed by atoms with Gasteiger partial charge < -0.3 is 0 Å². The largest absolute Gasteiger partial charge is 0.298 e. The molecule has 1 rings (SSSR count). The molecule has 0 amide bonds. The molecule has 0 saturated heterocycles. The van der Waals surface area contributed by atoms with Gasteiger partial charge in [0.15, 0.2) is 0 Å². The lowest BCUT2D eigenvalue weighted by molar-refractivity contribution is 0.112. The average molecular weight is 135 g/mol. The number of hydrogen-bond donors (Lipinski definition) is 0. The molecule has 0 fully saturated rings. The van der Waals surface area contributed by atoms with Crippen molar-refractivity contribution < 1.29 is 6.17 Å². The van der Waals surface area contributed by atoms with Crippen LogP contribution in [0.25, 0.3) is 0 Å². The van der Waals surface area contributed by atoms with Crippen LogP contribution < -0.4 is 0 Å². The van der Waals surface area contributed by atoms with Crippen molar-refractivity contribution in [3.8, 4) is 0 Å². The Hall–Kier alpha value is -1.11. The Kier molecular flexibility index (Phi) is 1.50. The quantitative estimate of drug-likeness (QED) is 0.539. The highest BCUT2D eigenvalue weighted by Crippen LogP contribution is 2.09. The summed E-state index contributed by atoms with van der Waals surface area (Å²) in [6.07, 6.45) is -0.605. The fourth-order valence-electron chi connectivity index (χ4n) is 0.862. The second kappa shape index (κ2) is 2.65. The molecular weight excluding hydrogens is 124 g/mol. The second-order valence-corrected chi connectivity index (χ2v) is 2.35. The summed E-state index contributed by atoms with van der Waals surface area (Å²) in [7, 11) is 0. The van der Waals surface area contributed by atoms with Gasteiger partial charge in [-0.2, -0.15) is 0 Å². The Morgan fingerprint density at radius 3 is 2.70 bits per heavy atom. The molecule has 1 aromatic rings. The van der Waals surface area contributed by atoms with E-state index >= 15 is 0 Å². The molecule has 0 aliphatic rings. The molecule has 52 valence electrons. The zero-order chi connectivity index (χ0) is 8.43. The molecule has 0 atom stereocenters. The molecule has 0 aliphatic heterocycles. The molecule has 0 unspecified atom stereocenters. The SMILES string of the molecule is [2H]C(=O)c1cccc(C)c1C. The van der Waals surface area contributed by atoms with Crippen LogP contribution in [0.5, 0.6) is 0 Å². The van der Waals surface area contributed by atoms with Crippen LogP contribution in [0.1, 0.15) is 22.9 Å². The maximum absolute atomic E-state index is 10.7. The minimum Gasteiger partial charge on any atom is -0.298 e. The minimum absolute atomic E-state index is 0.505. The molecule has 10 heavy (non-hydrogen) atoms. The molecule has 0 bridgehead atoms. The topological polar surface area (TPSA) is 17.1 Å². The fourth-order valence-corrected chi connectivity index (χ4v) is 0.862. The molecule has 0 heterocycles. The summed E-state index contributed by atoms with van der Waals surface area (Å²) in [4.78, 5) is 10.7. The van der Waals surface area contributed by atoms with Crippen molar-refractivity contribution in [2.45, 2.75) is 13.8 Å². The van der Waals surface area contributed by atoms with Crippen LogP contribution in [0.15, 0.2) is 18.2 Å². The monoisotopic (exact) mass is 135 g/mol. The summed E-state index contributed by atoms with van der Waals surface area (Å²) < 4.78 is 6.92. The van der Waals surface area contributed by atoms with Crippen LogP contribution in [0.3, 0.4) is 0 Å². The summed E-state index contributed by atoms with van der Waals surface area (Å²) in [5.74, 6) is 0. The van der Waals surface area contributed by atoms with Gasteiger partial charge in [0, 0.05) is 5.56 Å². The van der Waals surface area contributed by atoms with Crippen LogP contribution in [0.2, 0.25) is 0 Å². The van der Waals surface area contributed by atoms with Crippen LogP contribution in [0.4, 0.5) is 0 Å². The lowest BCUT2D eigenvalue weighted by atomic mass is 10.1. The van der Waals surface area contributed by atoms with Crippen molar-refractivity contribution in [1.82, 2.24) is 0 Å². The minimum atomic E-state index is -0.605. The third-order valence-electron chi connectivity index (χ3n) is 1.71. The van der Waals surface area contributed by atoms with Crippen LogP contribution in [-0.2, 0) is 0 Å². The van der Waals surface area contributed by atoms with Gasteiger partial charge >= 0.3 is 0 Å². The van der Waals surface area contributed by atoms with Crippen molar-refractivity contribution in [2.75, 3.05) is 0 Å². The Bertz CT molecular complexity index is 292. The van der Waals surface area contributed by atoms with Crippen molar-refractivity contribution in [2.24, 2.45) is 0 Å². The lowest BCUT2D eigenvalue weighted by Gasteiger charge is -1.99. The molecule has 0 spiro atoms. The number of carbonyl (C=O) groups excluding carboxylic acids is 1. The van der Waals surface area contributed by atoms with E-state index in [0.717, 1.165) is 11.1 Å². The first-order valence-electron chi connectivity index (χ1n) is 3.70. The Morgan fingerprint density at radius 2 is 2.20 bits per heavy atom. The van der Waals surface area contributed by atoms with Gasteiger partial charge in [-0.25, -0.2) is 0 Å². The molecule has 0 N–H and O–H groups in total. The van der Waals surface area contributed by atoms with Crippen molar-refractivity contribution in [1.29, 1.82) is 0 Å². The zero-order valence-electron chi connectivity index (χ0n) is 7.14. The summed E-state index contributed by atoms with van der Waals surface area (Å²) in [6.45, 7) is 3.79. The third-order valence-corrected chi connectivity index (χ3v) is 1.71. The highest BCUT2D eigenvalue weighted by molar-refractivity contribution is 5.77. The summed E-state index contributed by atoms with van der Waals surface area (Å²) in [5.41, 5.74) is 2.47. The Labute approximate surface area is 62.1 Å². The predicted molar refractivity (Wildman–Crippen MR) is 41.3 cm³/mol. The van der Waals surface area contributed by atoms with Gasteiger partial charge in [0.2, 0.25) is 0 Å². The van der Waals surface area contributed by atoms with Crippen molar-refractivity contribution in [3.63, 3.8) is 0 Å². The normalized spacial score (nSPS) is 10.8. The smallest absolute Gasteiger partial charge is 0.150 e. The van der Waals surface area contributed by atoms with Gasteiger partial charge in [0.05, 0.1) is 0 Å². The van der Waals surface area contributed by atoms with E-state index in [0.29, 0.717) is 5.56 Å². The van der Waals surface area contributed by atoms with Gasteiger partial charge in [0.25, 0.3) is 0 Å². The Morgan fingerprint density at radius 1 is 1.50 bits per heavy atom. The van der Waals surface area contributed by atoms with Crippen molar-refractivity contribution >= 4 is 6.26 Å². The summed E-state index contributed by atoms with van der Waals surface area (Å²) >= 11 is 0. The lowest BCUT2D eigenvalue weighted by Crippen LogP contribution is -1.87. The highest BCUT2D eigenvalue weighted by Gasteiger charge is 1.96. The highest BCUT2D eigenvalue weighted by atomic mass is 16.1. The molecule has 1 aromatic carbocycles. The van der Waals surface area contributed by atoms with Gasteiger partial charge in [-0.1, -0.05) is 18.2 Å². The van der Waals surface area contributed by atoms with E-state index in [1.807, 2.05) is 19.9 Å². The van der Waals surface area contributed by atoms with Crippen LogP contribution in [-0.4, -0.2) is 6.26 Å². The number of hydrogen-bond acceptors (Lipinski definition) is 1. The van der Waals surface area contributed by atoms with Gasteiger partial charge in [-0.05, 0) is 25.0 Å². The maximum Gasteiger partial charge on any atom is 0.150 e. The van der Waals surface area contributed by atoms with Crippen molar-refractivity contribution in [3.05, 3.63) is 34.9 Å². The number of aryl methyl sites for hydroxylation is 1. The average Bonchev–Trinajstić information content (AvgIpc) is 1.94. The fraction of sp³-hybridized carbons (Fsp3) is 0.222. The van der Waals surface area contributed by atoms with Crippen LogP contribution in [0, 0.1) is 13.8 Å². The maximum atomic E-state index is 10.7. The number of aldehydes is 1. The Balaban J connectivity index is 3.27. The number of carbonyl (C=O) groups is 1. The first kappa shape index (κ1) is 5.66. The molecule has 0 radical (unpaired) electrons. The van der Waals surface area contributed by atoms with E-state index in [1.54, 1.807) is 12.1 Å². The van der Waals surface area contributed by atoms with E-state index in [-0.39, 0.29) is 0 Å². The van der Waals surface area contributed by atoms with E-state index in [2.05, 4.69) is 0 Å². The second-order valence-electron chi connectivity index (χ2n) is 2.35. The standard InChI is InChI=1S/C9H10O/c1-7-4-3-5-9(6-10)8(7)2/h3-6H,1-2H3/i6D. The summed E-state index contributed by atoms with van der Waals surface area (Å²) in [6, 6.07) is 5.41. The van der Waals surface area contributed by atoms with Gasteiger partial charge in [-0.3, -0.25) is 4.79 Å². The van der Waals surface area contributed by atoms with Gasteiger partial charge in [0.1, 0.15) is 7.63 Å². The van der Waals surface area contributed by atoms with Gasteiger partial charge in [-0.15, -0.1) is 0 Å². The van der Waals surface area contributed by atoms with E-state index in [1.165, 1.54) is 0 Å². The molecule has 0 aromatic heterocycles. The molecule has 0 aliphatic carbocycles. The molecule has 0 saturated carbocycles.